The van der Waals surface area contributed by atoms with Crippen molar-refractivity contribution in [1.29, 1.82) is 0 Å². The summed E-state index contributed by atoms with van der Waals surface area (Å²) < 4.78 is 1.51. The van der Waals surface area contributed by atoms with E-state index in [1.54, 1.807) is 12.3 Å². The van der Waals surface area contributed by atoms with Gasteiger partial charge in [-0.2, -0.15) is 0 Å². The highest BCUT2D eigenvalue weighted by Crippen LogP contribution is 1.92. The molecule has 1 amide bonds. The van der Waals surface area contributed by atoms with Crippen LogP contribution in [0.25, 0.3) is 0 Å². The first-order chi connectivity index (χ1) is 7.66. The highest BCUT2D eigenvalue weighted by Gasteiger charge is 2.07. The zero-order valence-corrected chi connectivity index (χ0v) is 9.40. The number of primary amides is 1. The van der Waals surface area contributed by atoms with Gasteiger partial charge in [0.25, 0.3) is 11.5 Å². The minimum atomic E-state index is -0.675. The van der Waals surface area contributed by atoms with Crippen molar-refractivity contribution in [3.05, 3.63) is 34.2 Å². The SMILES string of the molecule is CCNCCCn1cccc(C(N)=O)c1=O. The van der Waals surface area contributed by atoms with Crippen LogP contribution in [0.15, 0.2) is 23.1 Å². The molecule has 1 rings (SSSR count). The molecule has 0 fully saturated rings. The summed E-state index contributed by atoms with van der Waals surface area (Å²) in [5.74, 6) is -0.675. The van der Waals surface area contributed by atoms with Crippen LogP contribution in [0.3, 0.4) is 0 Å². The van der Waals surface area contributed by atoms with E-state index in [-0.39, 0.29) is 11.1 Å². The van der Waals surface area contributed by atoms with Crippen molar-refractivity contribution in [1.82, 2.24) is 9.88 Å². The summed E-state index contributed by atoms with van der Waals surface area (Å²) in [4.78, 5) is 22.7. The van der Waals surface area contributed by atoms with Gasteiger partial charge in [0.2, 0.25) is 0 Å². The summed E-state index contributed by atoms with van der Waals surface area (Å²) in [5, 5.41) is 3.17. The van der Waals surface area contributed by atoms with E-state index < -0.39 is 5.91 Å². The number of carbonyl (C=O) groups excluding carboxylic acids is 1. The van der Waals surface area contributed by atoms with Crippen LogP contribution in [0.5, 0.6) is 0 Å². The number of pyridine rings is 1. The van der Waals surface area contributed by atoms with Crippen LogP contribution in [0.1, 0.15) is 23.7 Å². The molecule has 0 saturated heterocycles. The Labute approximate surface area is 94.3 Å². The molecule has 0 unspecified atom stereocenters. The van der Waals surface area contributed by atoms with Crippen LogP contribution in [0.2, 0.25) is 0 Å². The Bertz CT molecular complexity index is 412. The average Bonchev–Trinajstić information content (AvgIpc) is 2.26. The van der Waals surface area contributed by atoms with Crippen molar-refractivity contribution < 1.29 is 4.79 Å². The quantitative estimate of drug-likeness (QED) is 0.664. The van der Waals surface area contributed by atoms with Gasteiger partial charge in [-0.3, -0.25) is 9.59 Å². The summed E-state index contributed by atoms with van der Waals surface area (Å²) in [6.07, 6.45) is 2.51. The van der Waals surface area contributed by atoms with Crippen molar-refractivity contribution in [3.8, 4) is 0 Å². The van der Waals surface area contributed by atoms with Gasteiger partial charge in [-0.1, -0.05) is 6.92 Å². The Balaban J connectivity index is 2.70. The number of hydrogen-bond donors (Lipinski definition) is 2. The molecule has 16 heavy (non-hydrogen) atoms. The summed E-state index contributed by atoms with van der Waals surface area (Å²) in [7, 11) is 0. The lowest BCUT2D eigenvalue weighted by Gasteiger charge is -2.06. The fourth-order valence-corrected chi connectivity index (χ4v) is 1.45. The number of carbonyl (C=O) groups is 1. The molecular weight excluding hydrogens is 206 g/mol. The fourth-order valence-electron chi connectivity index (χ4n) is 1.45. The zero-order valence-electron chi connectivity index (χ0n) is 9.40. The topological polar surface area (TPSA) is 77.1 Å². The maximum atomic E-state index is 11.7. The van der Waals surface area contributed by atoms with Gasteiger partial charge in [-0.05, 0) is 31.6 Å². The number of aromatic nitrogens is 1. The van der Waals surface area contributed by atoms with Crippen LogP contribution in [0.4, 0.5) is 0 Å². The van der Waals surface area contributed by atoms with Crippen molar-refractivity contribution in [3.63, 3.8) is 0 Å². The maximum Gasteiger partial charge on any atom is 0.263 e. The van der Waals surface area contributed by atoms with Crippen molar-refractivity contribution in [2.24, 2.45) is 5.73 Å². The smallest absolute Gasteiger partial charge is 0.263 e. The first-order valence-electron chi connectivity index (χ1n) is 5.36. The molecule has 5 nitrogen and oxygen atoms in total. The van der Waals surface area contributed by atoms with Gasteiger partial charge in [-0.15, -0.1) is 0 Å². The maximum absolute atomic E-state index is 11.7. The Morgan fingerprint density at radius 3 is 2.94 bits per heavy atom. The molecule has 1 heterocycles. The standard InChI is InChI=1S/C11H17N3O2/c1-2-13-6-4-8-14-7-3-5-9(10(12)15)11(14)16/h3,5,7,13H,2,4,6,8H2,1H3,(H2,12,15). The van der Waals surface area contributed by atoms with E-state index in [1.807, 2.05) is 6.92 Å². The molecule has 0 aromatic carbocycles. The van der Waals surface area contributed by atoms with Gasteiger partial charge in [0, 0.05) is 12.7 Å². The second-order valence-electron chi connectivity index (χ2n) is 3.49. The minimum Gasteiger partial charge on any atom is -0.365 e. The monoisotopic (exact) mass is 223 g/mol. The third-order valence-electron chi connectivity index (χ3n) is 2.29. The molecule has 0 aliphatic carbocycles. The molecule has 0 atom stereocenters. The molecule has 0 aliphatic rings. The van der Waals surface area contributed by atoms with Crippen LogP contribution in [-0.4, -0.2) is 23.6 Å². The third-order valence-corrected chi connectivity index (χ3v) is 2.29. The Kier molecular flexibility index (Phi) is 4.72. The lowest BCUT2D eigenvalue weighted by Crippen LogP contribution is -2.29. The summed E-state index contributed by atoms with van der Waals surface area (Å²) in [6.45, 7) is 4.38. The number of nitrogens with one attached hydrogen (secondary N) is 1. The Morgan fingerprint density at radius 2 is 2.31 bits per heavy atom. The van der Waals surface area contributed by atoms with Gasteiger partial charge in [0.1, 0.15) is 5.56 Å². The minimum absolute atomic E-state index is 0.0472. The molecular formula is C11H17N3O2. The fraction of sp³-hybridized carbons (Fsp3) is 0.455. The van der Waals surface area contributed by atoms with E-state index in [2.05, 4.69) is 5.32 Å². The number of rotatable bonds is 6. The summed E-state index contributed by atoms with van der Waals surface area (Å²) >= 11 is 0. The molecule has 88 valence electrons. The van der Waals surface area contributed by atoms with E-state index in [0.29, 0.717) is 6.54 Å². The Hall–Kier alpha value is -1.62. The van der Waals surface area contributed by atoms with Gasteiger partial charge >= 0.3 is 0 Å². The normalized spacial score (nSPS) is 10.3. The molecule has 0 radical (unpaired) electrons. The zero-order chi connectivity index (χ0) is 12.0. The number of aryl methyl sites for hydroxylation is 1. The van der Waals surface area contributed by atoms with E-state index in [0.717, 1.165) is 19.5 Å². The van der Waals surface area contributed by atoms with Crippen LogP contribution in [-0.2, 0) is 6.54 Å². The molecule has 1 aromatic rings. The predicted octanol–water partition coefficient (Wildman–Crippen LogP) is -0.0532. The molecule has 3 N–H and O–H groups in total. The predicted molar refractivity (Wildman–Crippen MR) is 62.4 cm³/mol. The van der Waals surface area contributed by atoms with E-state index in [4.69, 9.17) is 5.73 Å². The highest BCUT2D eigenvalue weighted by atomic mass is 16.2. The number of hydrogen-bond acceptors (Lipinski definition) is 3. The molecule has 0 aliphatic heterocycles. The van der Waals surface area contributed by atoms with E-state index >= 15 is 0 Å². The van der Waals surface area contributed by atoms with Crippen molar-refractivity contribution >= 4 is 5.91 Å². The van der Waals surface area contributed by atoms with Crippen molar-refractivity contribution in [2.75, 3.05) is 13.1 Å². The number of amides is 1. The van der Waals surface area contributed by atoms with Crippen molar-refractivity contribution in [2.45, 2.75) is 19.9 Å². The number of nitrogens with zero attached hydrogens (tertiary/aromatic N) is 1. The van der Waals surface area contributed by atoms with E-state index in [9.17, 15) is 9.59 Å². The largest absolute Gasteiger partial charge is 0.365 e. The third kappa shape index (κ3) is 3.20. The highest BCUT2D eigenvalue weighted by molar-refractivity contribution is 5.92. The van der Waals surface area contributed by atoms with Crippen LogP contribution < -0.4 is 16.6 Å². The summed E-state index contributed by atoms with van der Waals surface area (Å²) in [5.41, 5.74) is 4.83. The second-order valence-corrected chi connectivity index (χ2v) is 3.49. The first-order valence-corrected chi connectivity index (χ1v) is 5.36. The van der Waals surface area contributed by atoms with Gasteiger partial charge in [-0.25, -0.2) is 0 Å². The van der Waals surface area contributed by atoms with Crippen LogP contribution in [0, 0.1) is 0 Å². The van der Waals surface area contributed by atoms with Gasteiger partial charge in [0.15, 0.2) is 0 Å². The number of nitrogens with two attached hydrogens (primary N) is 1. The average molecular weight is 223 g/mol. The Morgan fingerprint density at radius 1 is 1.56 bits per heavy atom. The second kappa shape index (κ2) is 6.07. The molecule has 5 heteroatoms. The summed E-state index contributed by atoms with van der Waals surface area (Å²) in [6, 6.07) is 3.11. The van der Waals surface area contributed by atoms with Gasteiger partial charge in [0.05, 0.1) is 0 Å². The van der Waals surface area contributed by atoms with E-state index in [1.165, 1.54) is 10.6 Å². The lowest BCUT2D eigenvalue weighted by molar-refractivity contribution is 0.0998. The molecule has 0 saturated carbocycles. The molecule has 0 spiro atoms. The van der Waals surface area contributed by atoms with Gasteiger partial charge < -0.3 is 15.6 Å². The lowest BCUT2D eigenvalue weighted by atomic mass is 10.2. The molecule has 0 bridgehead atoms. The molecule has 1 aromatic heterocycles. The van der Waals surface area contributed by atoms with Crippen LogP contribution >= 0.6 is 0 Å². The first kappa shape index (κ1) is 12.4.